The highest BCUT2D eigenvalue weighted by Crippen LogP contribution is 2.20. The number of rotatable bonds is 7. The molecule has 0 aromatic carbocycles. The van der Waals surface area contributed by atoms with Gasteiger partial charge in [-0.2, -0.15) is 0 Å². The third-order valence-electron chi connectivity index (χ3n) is 3.17. The van der Waals surface area contributed by atoms with E-state index in [0.717, 1.165) is 18.5 Å². The van der Waals surface area contributed by atoms with E-state index in [1.807, 2.05) is 0 Å². The summed E-state index contributed by atoms with van der Waals surface area (Å²) in [7, 11) is 0. The lowest BCUT2D eigenvalue weighted by atomic mass is 9.99. The lowest BCUT2D eigenvalue weighted by Crippen LogP contribution is -2.19. The predicted molar refractivity (Wildman–Crippen MR) is 63.5 cm³/mol. The van der Waals surface area contributed by atoms with Crippen LogP contribution in [0.15, 0.2) is 11.6 Å². The van der Waals surface area contributed by atoms with E-state index >= 15 is 0 Å². The van der Waals surface area contributed by atoms with E-state index in [4.69, 9.17) is 0 Å². The quantitative estimate of drug-likeness (QED) is 0.613. The molecule has 0 aliphatic heterocycles. The fourth-order valence-electron chi connectivity index (χ4n) is 1.72. The van der Waals surface area contributed by atoms with Gasteiger partial charge in [-0.3, -0.25) is 0 Å². The zero-order chi connectivity index (χ0) is 10.4. The topological polar surface area (TPSA) is 12.0 Å². The van der Waals surface area contributed by atoms with Gasteiger partial charge < -0.3 is 5.32 Å². The summed E-state index contributed by atoms with van der Waals surface area (Å²) in [6.45, 7) is 7.96. The minimum Gasteiger partial charge on any atom is -0.310 e. The standard InChI is InChI=1S/C13H25N/c1-4-11(5-2)9-12(6-3)10-14-13-7-8-13/h9,11,13-14H,4-8,10H2,1-3H3. The molecule has 1 aliphatic rings. The van der Waals surface area contributed by atoms with Crippen LogP contribution in [0, 0.1) is 5.92 Å². The lowest BCUT2D eigenvalue weighted by Gasteiger charge is -2.11. The van der Waals surface area contributed by atoms with Crippen molar-refractivity contribution in [3.8, 4) is 0 Å². The Hall–Kier alpha value is -0.300. The largest absolute Gasteiger partial charge is 0.310 e. The van der Waals surface area contributed by atoms with Gasteiger partial charge in [-0.1, -0.05) is 32.4 Å². The second kappa shape index (κ2) is 6.23. The van der Waals surface area contributed by atoms with Crippen LogP contribution in [-0.4, -0.2) is 12.6 Å². The van der Waals surface area contributed by atoms with Gasteiger partial charge >= 0.3 is 0 Å². The molecule has 0 unspecified atom stereocenters. The molecular formula is C13H25N. The average Bonchev–Trinajstić information content (AvgIpc) is 3.02. The van der Waals surface area contributed by atoms with E-state index in [2.05, 4.69) is 32.2 Å². The molecule has 0 spiro atoms. The summed E-state index contributed by atoms with van der Waals surface area (Å²) >= 11 is 0. The lowest BCUT2D eigenvalue weighted by molar-refractivity contribution is 0.594. The molecule has 0 aromatic rings. The zero-order valence-corrected chi connectivity index (χ0v) is 9.97. The van der Waals surface area contributed by atoms with Crippen molar-refractivity contribution in [3.63, 3.8) is 0 Å². The average molecular weight is 195 g/mol. The second-order valence-electron chi connectivity index (χ2n) is 4.41. The SMILES string of the molecule is CCC(=CC(CC)CC)CNC1CC1. The highest BCUT2D eigenvalue weighted by Gasteiger charge is 2.20. The van der Waals surface area contributed by atoms with Crippen LogP contribution in [-0.2, 0) is 0 Å². The zero-order valence-electron chi connectivity index (χ0n) is 9.97. The smallest absolute Gasteiger partial charge is 0.0167 e. The van der Waals surface area contributed by atoms with Gasteiger partial charge in [0.1, 0.15) is 0 Å². The summed E-state index contributed by atoms with van der Waals surface area (Å²) in [5.74, 6) is 0.797. The van der Waals surface area contributed by atoms with Crippen LogP contribution < -0.4 is 5.32 Å². The summed E-state index contributed by atoms with van der Waals surface area (Å²) in [5, 5.41) is 3.59. The molecule has 1 N–H and O–H groups in total. The summed E-state index contributed by atoms with van der Waals surface area (Å²) in [6.07, 6.45) is 9.04. The van der Waals surface area contributed by atoms with Gasteiger partial charge in [0.2, 0.25) is 0 Å². The molecule has 1 heteroatoms. The maximum atomic E-state index is 3.59. The van der Waals surface area contributed by atoms with Gasteiger partial charge in [0.25, 0.3) is 0 Å². The molecule has 14 heavy (non-hydrogen) atoms. The van der Waals surface area contributed by atoms with E-state index in [0.29, 0.717) is 0 Å². The highest BCUT2D eigenvalue weighted by molar-refractivity contribution is 5.06. The maximum Gasteiger partial charge on any atom is 0.0167 e. The fourth-order valence-corrected chi connectivity index (χ4v) is 1.72. The van der Waals surface area contributed by atoms with Crippen LogP contribution in [0.2, 0.25) is 0 Å². The number of hydrogen-bond acceptors (Lipinski definition) is 1. The molecule has 0 saturated heterocycles. The van der Waals surface area contributed by atoms with Crippen molar-refractivity contribution in [2.24, 2.45) is 5.92 Å². The van der Waals surface area contributed by atoms with Crippen LogP contribution in [0.4, 0.5) is 0 Å². The van der Waals surface area contributed by atoms with E-state index in [1.165, 1.54) is 32.1 Å². The number of hydrogen-bond donors (Lipinski definition) is 1. The number of allylic oxidation sites excluding steroid dienone is 1. The Morgan fingerprint density at radius 2 is 1.93 bits per heavy atom. The van der Waals surface area contributed by atoms with E-state index in [1.54, 1.807) is 5.57 Å². The molecule has 0 heterocycles. The van der Waals surface area contributed by atoms with E-state index < -0.39 is 0 Å². The molecule has 1 rings (SSSR count). The molecular weight excluding hydrogens is 170 g/mol. The van der Waals surface area contributed by atoms with Crippen LogP contribution >= 0.6 is 0 Å². The molecule has 1 fully saturated rings. The van der Waals surface area contributed by atoms with Crippen LogP contribution in [0.3, 0.4) is 0 Å². The first-order valence-electron chi connectivity index (χ1n) is 6.23. The van der Waals surface area contributed by atoms with Crippen molar-refractivity contribution < 1.29 is 0 Å². The first kappa shape index (κ1) is 11.8. The van der Waals surface area contributed by atoms with Gasteiger partial charge in [0.05, 0.1) is 0 Å². The Balaban J connectivity index is 2.32. The summed E-state index contributed by atoms with van der Waals surface area (Å²) < 4.78 is 0. The Kier molecular flexibility index (Phi) is 5.24. The Labute approximate surface area is 89.0 Å². The first-order valence-corrected chi connectivity index (χ1v) is 6.23. The minimum absolute atomic E-state index is 0.797. The van der Waals surface area contributed by atoms with Crippen molar-refractivity contribution >= 4 is 0 Å². The maximum absolute atomic E-state index is 3.59. The van der Waals surface area contributed by atoms with Crippen molar-refractivity contribution in [2.75, 3.05) is 6.54 Å². The van der Waals surface area contributed by atoms with Crippen molar-refractivity contribution in [1.82, 2.24) is 5.32 Å². The molecule has 0 atom stereocenters. The van der Waals surface area contributed by atoms with Gasteiger partial charge in [-0.25, -0.2) is 0 Å². The molecule has 0 aromatic heterocycles. The van der Waals surface area contributed by atoms with Crippen LogP contribution in [0.5, 0.6) is 0 Å². The molecule has 1 saturated carbocycles. The third-order valence-corrected chi connectivity index (χ3v) is 3.17. The van der Waals surface area contributed by atoms with Crippen molar-refractivity contribution in [3.05, 3.63) is 11.6 Å². The molecule has 0 radical (unpaired) electrons. The van der Waals surface area contributed by atoms with Crippen LogP contribution in [0.1, 0.15) is 52.9 Å². The van der Waals surface area contributed by atoms with E-state index in [-0.39, 0.29) is 0 Å². The molecule has 82 valence electrons. The van der Waals surface area contributed by atoms with Gasteiger partial charge in [-0.15, -0.1) is 0 Å². The Bertz CT molecular complexity index is 176. The van der Waals surface area contributed by atoms with Gasteiger partial charge in [-0.05, 0) is 38.0 Å². The van der Waals surface area contributed by atoms with Crippen molar-refractivity contribution in [1.29, 1.82) is 0 Å². The fraction of sp³-hybridized carbons (Fsp3) is 0.846. The first-order chi connectivity index (χ1) is 6.80. The Morgan fingerprint density at radius 3 is 2.36 bits per heavy atom. The third kappa shape index (κ3) is 4.28. The molecule has 1 nitrogen and oxygen atoms in total. The second-order valence-corrected chi connectivity index (χ2v) is 4.41. The highest BCUT2D eigenvalue weighted by atomic mass is 14.9. The van der Waals surface area contributed by atoms with E-state index in [9.17, 15) is 0 Å². The molecule has 0 bridgehead atoms. The normalized spacial score (nSPS) is 17.9. The minimum atomic E-state index is 0.797. The van der Waals surface area contributed by atoms with Crippen molar-refractivity contribution in [2.45, 2.75) is 58.9 Å². The van der Waals surface area contributed by atoms with Gasteiger partial charge in [0.15, 0.2) is 0 Å². The molecule has 1 aliphatic carbocycles. The summed E-state index contributed by atoms with van der Waals surface area (Å²) in [4.78, 5) is 0. The summed E-state index contributed by atoms with van der Waals surface area (Å²) in [5.41, 5.74) is 1.60. The number of nitrogens with one attached hydrogen (secondary N) is 1. The monoisotopic (exact) mass is 195 g/mol. The van der Waals surface area contributed by atoms with Gasteiger partial charge in [0, 0.05) is 12.6 Å². The Morgan fingerprint density at radius 1 is 1.29 bits per heavy atom. The molecule has 0 amide bonds. The predicted octanol–water partition coefficient (Wildman–Crippen LogP) is 3.51. The van der Waals surface area contributed by atoms with Crippen LogP contribution in [0.25, 0.3) is 0 Å². The summed E-state index contributed by atoms with van der Waals surface area (Å²) in [6, 6.07) is 0.839.